The monoisotopic (exact) mass is 288 g/mol. The van der Waals surface area contributed by atoms with Crippen LogP contribution in [0.25, 0.3) is 0 Å². The summed E-state index contributed by atoms with van der Waals surface area (Å²) in [6, 6.07) is 8.15. The highest BCUT2D eigenvalue weighted by Gasteiger charge is 2.19. The maximum Gasteiger partial charge on any atom is 0.408 e. The molecule has 0 fully saturated rings. The Morgan fingerprint density at radius 1 is 1.32 bits per heavy atom. The van der Waals surface area contributed by atoms with Gasteiger partial charge in [0, 0.05) is 6.54 Å². The molecule has 19 heavy (non-hydrogen) atoms. The molecule has 0 bridgehead atoms. The van der Waals surface area contributed by atoms with Crippen molar-refractivity contribution in [1.82, 2.24) is 10.6 Å². The van der Waals surface area contributed by atoms with Crippen LogP contribution >= 0.6 is 12.4 Å². The summed E-state index contributed by atoms with van der Waals surface area (Å²) in [6.45, 7) is 0.244. The van der Waals surface area contributed by atoms with E-state index in [0.717, 1.165) is 5.56 Å². The first kappa shape index (κ1) is 17.2. The van der Waals surface area contributed by atoms with Crippen molar-refractivity contribution in [3.63, 3.8) is 0 Å². The lowest BCUT2D eigenvalue weighted by molar-refractivity contribution is -0.139. The third kappa shape index (κ3) is 6.64. The van der Waals surface area contributed by atoms with Gasteiger partial charge in [0.2, 0.25) is 0 Å². The van der Waals surface area contributed by atoms with E-state index in [-0.39, 0.29) is 25.6 Å². The van der Waals surface area contributed by atoms with Crippen molar-refractivity contribution in [2.24, 2.45) is 0 Å². The van der Waals surface area contributed by atoms with Crippen molar-refractivity contribution >= 4 is 24.5 Å². The molecule has 0 saturated heterocycles. The fraction of sp³-hybridized carbons (Fsp3) is 0.333. The highest BCUT2D eigenvalue weighted by Crippen LogP contribution is 2.00. The van der Waals surface area contributed by atoms with Crippen LogP contribution in [-0.2, 0) is 16.1 Å². The lowest BCUT2D eigenvalue weighted by atomic mass is 10.2. The average molecular weight is 289 g/mol. The molecule has 1 unspecified atom stereocenters. The summed E-state index contributed by atoms with van der Waals surface area (Å²) < 4.78 is 4.91. The van der Waals surface area contributed by atoms with Crippen LogP contribution in [0.15, 0.2) is 30.3 Å². The van der Waals surface area contributed by atoms with Gasteiger partial charge in [0.15, 0.2) is 0 Å². The van der Waals surface area contributed by atoms with E-state index >= 15 is 0 Å². The Kier molecular flexibility index (Phi) is 8.32. The molecule has 0 aromatic heterocycles. The second-order valence-corrected chi connectivity index (χ2v) is 3.65. The van der Waals surface area contributed by atoms with Gasteiger partial charge in [-0.1, -0.05) is 30.3 Å². The highest BCUT2D eigenvalue weighted by atomic mass is 35.5. The fourth-order valence-corrected chi connectivity index (χ4v) is 1.31. The lowest BCUT2D eigenvalue weighted by Crippen LogP contribution is -2.46. The Bertz CT molecular complexity index is 400. The van der Waals surface area contributed by atoms with E-state index in [1.165, 1.54) is 0 Å². The molecule has 6 nitrogen and oxygen atoms in total. The third-order valence-electron chi connectivity index (χ3n) is 2.21. The van der Waals surface area contributed by atoms with E-state index in [1.54, 1.807) is 7.05 Å². The molecule has 1 aromatic rings. The molecule has 0 aliphatic rings. The van der Waals surface area contributed by atoms with E-state index in [0.29, 0.717) is 0 Å². The predicted octanol–water partition coefficient (Wildman–Crippen LogP) is 1.01. The van der Waals surface area contributed by atoms with Crippen LogP contribution < -0.4 is 10.6 Å². The second-order valence-electron chi connectivity index (χ2n) is 3.65. The smallest absolute Gasteiger partial charge is 0.408 e. The minimum Gasteiger partial charge on any atom is -0.480 e. The molecule has 1 rings (SSSR count). The van der Waals surface area contributed by atoms with Crippen molar-refractivity contribution in [3.05, 3.63) is 35.9 Å². The molecule has 0 radical (unpaired) electrons. The summed E-state index contributed by atoms with van der Waals surface area (Å²) >= 11 is 0. The van der Waals surface area contributed by atoms with Crippen LogP contribution in [0.4, 0.5) is 4.79 Å². The number of nitrogens with one attached hydrogen (secondary N) is 2. The Morgan fingerprint density at radius 2 is 1.95 bits per heavy atom. The number of hydrogen-bond acceptors (Lipinski definition) is 4. The first-order valence-electron chi connectivity index (χ1n) is 5.48. The zero-order valence-corrected chi connectivity index (χ0v) is 11.3. The summed E-state index contributed by atoms with van der Waals surface area (Å²) in [7, 11) is 1.60. The van der Waals surface area contributed by atoms with E-state index in [1.807, 2.05) is 30.3 Å². The molecule has 0 heterocycles. The van der Waals surface area contributed by atoms with Crippen molar-refractivity contribution in [3.8, 4) is 0 Å². The number of likely N-dealkylation sites (N-methyl/N-ethyl adjacent to an activating group) is 1. The van der Waals surface area contributed by atoms with Crippen LogP contribution in [0.2, 0.25) is 0 Å². The van der Waals surface area contributed by atoms with Crippen LogP contribution in [0, 0.1) is 0 Å². The zero-order chi connectivity index (χ0) is 13.4. The number of halogens is 1. The topological polar surface area (TPSA) is 87.7 Å². The summed E-state index contributed by atoms with van der Waals surface area (Å²) in [5, 5.41) is 13.8. The third-order valence-corrected chi connectivity index (χ3v) is 2.21. The van der Waals surface area contributed by atoms with Crippen molar-refractivity contribution in [2.75, 3.05) is 13.6 Å². The van der Waals surface area contributed by atoms with Crippen LogP contribution in [0.5, 0.6) is 0 Å². The molecule has 1 amide bonds. The van der Waals surface area contributed by atoms with Gasteiger partial charge in [0.05, 0.1) is 0 Å². The number of carbonyl (C=O) groups is 2. The van der Waals surface area contributed by atoms with E-state index in [2.05, 4.69) is 10.6 Å². The molecule has 0 aliphatic carbocycles. The highest BCUT2D eigenvalue weighted by molar-refractivity contribution is 5.85. The minimum atomic E-state index is -1.11. The SMILES string of the molecule is CNCC(NC(=O)OCc1ccccc1)C(=O)O.Cl. The van der Waals surface area contributed by atoms with Crippen LogP contribution in [0.3, 0.4) is 0 Å². The average Bonchev–Trinajstić information content (AvgIpc) is 2.37. The van der Waals surface area contributed by atoms with Gasteiger partial charge >= 0.3 is 12.1 Å². The van der Waals surface area contributed by atoms with Gasteiger partial charge in [-0.15, -0.1) is 12.4 Å². The van der Waals surface area contributed by atoms with Gasteiger partial charge in [-0.05, 0) is 12.6 Å². The molecule has 106 valence electrons. The first-order chi connectivity index (χ1) is 8.63. The van der Waals surface area contributed by atoms with Gasteiger partial charge in [-0.3, -0.25) is 0 Å². The Hall–Kier alpha value is -1.79. The summed E-state index contributed by atoms with van der Waals surface area (Å²) in [5.74, 6) is -1.11. The number of carbonyl (C=O) groups excluding carboxylic acids is 1. The molecular formula is C12H17ClN2O4. The molecule has 0 saturated carbocycles. The first-order valence-corrected chi connectivity index (χ1v) is 5.48. The quantitative estimate of drug-likeness (QED) is 0.727. The number of hydrogen-bond donors (Lipinski definition) is 3. The Balaban J connectivity index is 0.00000324. The van der Waals surface area contributed by atoms with Gasteiger partial charge < -0.3 is 20.5 Å². The largest absolute Gasteiger partial charge is 0.480 e. The van der Waals surface area contributed by atoms with E-state index < -0.39 is 18.1 Å². The van der Waals surface area contributed by atoms with Gasteiger partial charge in [0.1, 0.15) is 12.6 Å². The van der Waals surface area contributed by atoms with Gasteiger partial charge in [0.25, 0.3) is 0 Å². The molecule has 1 aromatic carbocycles. The molecule has 7 heteroatoms. The van der Waals surface area contributed by atoms with Crippen LogP contribution in [0.1, 0.15) is 5.56 Å². The number of carboxylic acid groups (broad SMARTS) is 1. The Labute approximate surface area is 117 Å². The number of benzene rings is 1. The van der Waals surface area contributed by atoms with E-state index in [9.17, 15) is 9.59 Å². The normalized spacial score (nSPS) is 11.0. The van der Waals surface area contributed by atoms with Gasteiger partial charge in [-0.25, -0.2) is 9.59 Å². The van der Waals surface area contributed by atoms with Crippen molar-refractivity contribution in [1.29, 1.82) is 0 Å². The minimum absolute atomic E-state index is 0. The maximum atomic E-state index is 11.4. The number of amides is 1. The van der Waals surface area contributed by atoms with Crippen molar-refractivity contribution in [2.45, 2.75) is 12.6 Å². The predicted molar refractivity (Wildman–Crippen MR) is 72.4 cm³/mol. The van der Waals surface area contributed by atoms with Crippen molar-refractivity contribution < 1.29 is 19.4 Å². The standard InChI is InChI=1S/C12H16N2O4.ClH/c1-13-7-10(11(15)16)14-12(17)18-8-9-5-3-2-4-6-9;/h2-6,10,13H,7-8H2,1H3,(H,14,17)(H,15,16);1H. The summed E-state index contributed by atoms with van der Waals surface area (Å²) in [5.41, 5.74) is 0.841. The number of carboxylic acids is 1. The second kappa shape index (κ2) is 9.18. The van der Waals surface area contributed by atoms with Crippen LogP contribution in [-0.4, -0.2) is 36.8 Å². The molecular weight excluding hydrogens is 272 g/mol. The zero-order valence-electron chi connectivity index (χ0n) is 10.5. The molecule has 0 aliphatic heterocycles. The number of aliphatic carboxylic acids is 1. The fourth-order valence-electron chi connectivity index (χ4n) is 1.31. The molecule has 1 atom stereocenters. The maximum absolute atomic E-state index is 11.4. The number of rotatable bonds is 6. The lowest BCUT2D eigenvalue weighted by Gasteiger charge is -2.13. The number of ether oxygens (including phenoxy) is 1. The summed E-state index contributed by atoms with van der Waals surface area (Å²) in [6.07, 6.45) is -0.749. The Morgan fingerprint density at radius 3 is 2.47 bits per heavy atom. The summed E-state index contributed by atoms with van der Waals surface area (Å²) in [4.78, 5) is 22.2. The molecule has 0 spiro atoms. The number of alkyl carbamates (subject to hydrolysis) is 1. The van der Waals surface area contributed by atoms with E-state index in [4.69, 9.17) is 9.84 Å². The van der Waals surface area contributed by atoms with Gasteiger partial charge in [-0.2, -0.15) is 0 Å². The molecule has 3 N–H and O–H groups in total.